The highest BCUT2D eigenvalue weighted by atomic mass is 19.1. The third-order valence-corrected chi connectivity index (χ3v) is 2.52. The molecule has 0 unspecified atom stereocenters. The van der Waals surface area contributed by atoms with Crippen molar-refractivity contribution in [1.29, 1.82) is 0 Å². The zero-order valence-corrected chi connectivity index (χ0v) is 11.1. The average Bonchev–Trinajstić information content (AvgIpc) is 2.30. The second-order valence-corrected chi connectivity index (χ2v) is 4.72. The van der Waals surface area contributed by atoms with E-state index in [-0.39, 0.29) is 11.7 Å². The molecule has 0 spiro atoms. The van der Waals surface area contributed by atoms with Gasteiger partial charge in [-0.15, -0.1) is 0 Å². The molecule has 0 N–H and O–H groups in total. The lowest BCUT2D eigenvalue weighted by molar-refractivity contribution is -0.130. The molecule has 0 atom stereocenters. The first-order chi connectivity index (χ1) is 8.49. The molecule has 0 heterocycles. The Hall–Kier alpha value is -1.58. The summed E-state index contributed by atoms with van der Waals surface area (Å²) in [5, 5.41) is 0. The average molecular weight is 253 g/mol. The van der Waals surface area contributed by atoms with Crippen LogP contribution in [0.1, 0.15) is 20.3 Å². The Morgan fingerprint density at radius 1 is 1.33 bits per heavy atom. The molecule has 100 valence electrons. The van der Waals surface area contributed by atoms with Crippen molar-refractivity contribution < 1.29 is 13.9 Å². The number of hydrogen-bond donors (Lipinski definition) is 0. The van der Waals surface area contributed by atoms with Crippen molar-refractivity contribution >= 4 is 5.91 Å². The van der Waals surface area contributed by atoms with Gasteiger partial charge in [0.25, 0.3) is 0 Å². The van der Waals surface area contributed by atoms with Crippen LogP contribution in [0.25, 0.3) is 0 Å². The number of hydrogen-bond acceptors (Lipinski definition) is 2. The quantitative estimate of drug-likeness (QED) is 0.780. The van der Waals surface area contributed by atoms with Crippen LogP contribution in [0.15, 0.2) is 24.3 Å². The number of amides is 1. The summed E-state index contributed by atoms with van der Waals surface area (Å²) in [6.07, 6.45) is 0.549. The summed E-state index contributed by atoms with van der Waals surface area (Å²) in [5.41, 5.74) is 0. The molecule has 3 nitrogen and oxygen atoms in total. The van der Waals surface area contributed by atoms with Gasteiger partial charge in [-0.05, 0) is 30.2 Å². The first kappa shape index (κ1) is 14.5. The normalized spacial score (nSPS) is 10.5. The lowest BCUT2D eigenvalue weighted by Gasteiger charge is -2.18. The molecule has 1 aromatic carbocycles. The molecule has 0 aromatic heterocycles. The minimum absolute atomic E-state index is 0.118. The van der Waals surface area contributed by atoms with Crippen molar-refractivity contribution in [3.63, 3.8) is 0 Å². The highest BCUT2D eigenvalue weighted by molar-refractivity contribution is 5.76. The van der Waals surface area contributed by atoms with Crippen LogP contribution in [0.5, 0.6) is 5.75 Å². The van der Waals surface area contributed by atoms with Gasteiger partial charge in [0.2, 0.25) is 5.91 Å². The van der Waals surface area contributed by atoms with E-state index < -0.39 is 0 Å². The highest BCUT2D eigenvalue weighted by Crippen LogP contribution is 2.11. The molecular weight excluding hydrogens is 233 g/mol. The molecule has 0 radical (unpaired) electrons. The van der Waals surface area contributed by atoms with E-state index in [1.165, 1.54) is 12.1 Å². The van der Waals surface area contributed by atoms with Crippen molar-refractivity contribution in [2.45, 2.75) is 20.3 Å². The van der Waals surface area contributed by atoms with Crippen molar-refractivity contribution in [2.75, 3.05) is 20.2 Å². The molecule has 1 rings (SSSR count). The van der Waals surface area contributed by atoms with Crippen molar-refractivity contribution in [3.8, 4) is 5.75 Å². The van der Waals surface area contributed by atoms with Gasteiger partial charge in [0.05, 0.1) is 6.54 Å². The predicted molar refractivity (Wildman–Crippen MR) is 69.0 cm³/mol. The monoisotopic (exact) mass is 253 g/mol. The van der Waals surface area contributed by atoms with Gasteiger partial charge < -0.3 is 9.64 Å². The Kier molecular flexibility index (Phi) is 5.62. The van der Waals surface area contributed by atoms with Gasteiger partial charge in [-0.1, -0.05) is 13.8 Å². The van der Waals surface area contributed by atoms with Crippen LogP contribution in [-0.2, 0) is 4.79 Å². The van der Waals surface area contributed by atoms with Gasteiger partial charge in [0, 0.05) is 13.5 Å². The third kappa shape index (κ3) is 5.17. The Labute approximate surface area is 108 Å². The molecule has 0 aliphatic heterocycles. The van der Waals surface area contributed by atoms with E-state index in [4.69, 9.17) is 4.74 Å². The summed E-state index contributed by atoms with van der Waals surface area (Å²) in [4.78, 5) is 13.3. The summed E-state index contributed by atoms with van der Waals surface area (Å²) >= 11 is 0. The standard InChI is InChI=1S/C14H20FNO2/c1-11(2)10-14(17)16(3)8-9-18-13-6-4-12(15)5-7-13/h4-7,11H,8-10H2,1-3H3. The topological polar surface area (TPSA) is 29.5 Å². The van der Waals surface area contributed by atoms with Gasteiger partial charge in [-0.2, -0.15) is 0 Å². The van der Waals surface area contributed by atoms with Crippen molar-refractivity contribution in [2.24, 2.45) is 5.92 Å². The predicted octanol–water partition coefficient (Wildman–Crippen LogP) is 2.71. The molecule has 0 aliphatic rings. The molecule has 1 aromatic rings. The van der Waals surface area contributed by atoms with Crippen LogP contribution in [0, 0.1) is 11.7 Å². The maximum absolute atomic E-state index is 12.7. The zero-order valence-electron chi connectivity index (χ0n) is 11.1. The van der Waals surface area contributed by atoms with E-state index in [9.17, 15) is 9.18 Å². The number of likely N-dealkylation sites (N-methyl/N-ethyl adjacent to an activating group) is 1. The Morgan fingerprint density at radius 2 is 1.94 bits per heavy atom. The van der Waals surface area contributed by atoms with Crippen LogP contribution < -0.4 is 4.74 Å². The van der Waals surface area contributed by atoms with Gasteiger partial charge in [0.15, 0.2) is 0 Å². The summed E-state index contributed by atoms with van der Waals surface area (Å²) in [7, 11) is 1.76. The number of benzene rings is 1. The van der Waals surface area contributed by atoms with E-state index in [1.54, 1.807) is 24.1 Å². The maximum atomic E-state index is 12.7. The second-order valence-electron chi connectivity index (χ2n) is 4.72. The first-order valence-corrected chi connectivity index (χ1v) is 6.11. The van der Waals surface area contributed by atoms with Crippen LogP contribution >= 0.6 is 0 Å². The molecule has 0 aliphatic carbocycles. The van der Waals surface area contributed by atoms with Crippen molar-refractivity contribution in [1.82, 2.24) is 4.90 Å². The van der Waals surface area contributed by atoms with E-state index in [0.29, 0.717) is 31.2 Å². The van der Waals surface area contributed by atoms with Crippen LogP contribution in [0.3, 0.4) is 0 Å². The number of carbonyl (C=O) groups excluding carboxylic acids is 1. The summed E-state index contributed by atoms with van der Waals surface area (Å²) in [5.74, 6) is 0.804. The Morgan fingerprint density at radius 3 is 2.50 bits per heavy atom. The smallest absolute Gasteiger partial charge is 0.222 e. The molecule has 0 saturated heterocycles. The van der Waals surface area contributed by atoms with Gasteiger partial charge in [-0.25, -0.2) is 4.39 Å². The Bertz CT molecular complexity index is 376. The molecule has 0 fully saturated rings. The van der Waals surface area contributed by atoms with Gasteiger partial charge in [0.1, 0.15) is 18.2 Å². The molecule has 0 bridgehead atoms. The summed E-state index contributed by atoms with van der Waals surface area (Å²) in [6.45, 7) is 4.97. The fraction of sp³-hybridized carbons (Fsp3) is 0.500. The fourth-order valence-electron chi connectivity index (χ4n) is 1.46. The lowest BCUT2D eigenvalue weighted by Crippen LogP contribution is -2.31. The molecule has 18 heavy (non-hydrogen) atoms. The minimum Gasteiger partial charge on any atom is -0.492 e. The lowest BCUT2D eigenvalue weighted by atomic mass is 10.1. The van der Waals surface area contributed by atoms with Gasteiger partial charge >= 0.3 is 0 Å². The number of rotatable bonds is 6. The van der Waals surface area contributed by atoms with E-state index >= 15 is 0 Å². The number of carbonyl (C=O) groups is 1. The zero-order chi connectivity index (χ0) is 13.5. The molecule has 0 saturated carbocycles. The Balaban J connectivity index is 2.28. The minimum atomic E-state index is -0.286. The maximum Gasteiger partial charge on any atom is 0.222 e. The number of nitrogens with zero attached hydrogens (tertiary/aromatic N) is 1. The SMILES string of the molecule is CC(C)CC(=O)N(C)CCOc1ccc(F)cc1. The van der Waals surface area contributed by atoms with E-state index in [0.717, 1.165) is 0 Å². The van der Waals surface area contributed by atoms with E-state index in [2.05, 4.69) is 0 Å². The summed E-state index contributed by atoms with van der Waals surface area (Å²) in [6, 6.07) is 5.85. The first-order valence-electron chi connectivity index (χ1n) is 6.11. The van der Waals surface area contributed by atoms with Gasteiger partial charge in [-0.3, -0.25) is 4.79 Å². The third-order valence-electron chi connectivity index (χ3n) is 2.52. The van der Waals surface area contributed by atoms with Crippen molar-refractivity contribution in [3.05, 3.63) is 30.1 Å². The number of ether oxygens (including phenoxy) is 1. The fourth-order valence-corrected chi connectivity index (χ4v) is 1.46. The van der Waals surface area contributed by atoms with Crippen LogP contribution in [-0.4, -0.2) is 31.0 Å². The second kappa shape index (κ2) is 6.99. The summed E-state index contributed by atoms with van der Waals surface area (Å²) < 4.78 is 18.1. The molecular formula is C14H20FNO2. The van der Waals surface area contributed by atoms with E-state index in [1.807, 2.05) is 13.8 Å². The van der Waals surface area contributed by atoms with Crippen LogP contribution in [0.4, 0.5) is 4.39 Å². The molecule has 4 heteroatoms. The number of halogens is 1. The molecule has 1 amide bonds. The highest BCUT2D eigenvalue weighted by Gasteiger charge is 2.10. The largest absolute Gasteiger partial charge is 0.492 e. The van der Waals surface area contributed by atoms with Crippen LogP contribution in [0.2, 0.25) is 0 Å².